The first-order valence-electron chi connectivity index (χ1n) is 20.4. The fraction of sp³-hybridized carbons (Fsp3) is 0. The first-order valence-corrected chi connectivity index (χ1v) is 26.8. The molecule has 7 heteroatoms. The predicted molar refractivity (Wildman–Crippen MR) is 270 cm³/mol. The quantitative estimate of drug-likeness (QED) is 0.110. The van der Waals surface area contributed by atoms with Gasteiger partial charge in [0.1, 0.15) is 0 Å². The van der Waals surface area contributed by atoms with Crippen LogP contribution in [0.5, 0.6) is 0 Å². The molecule has 0 aliphatic carbocycles. The lowest BCUT2D eigenvalue weighted by atomic mass is 10.4. The summed E-state index contributed by atoms with van der Waals surface area (Å²) in [6.45, 7) is 0. The zero-order valence-corrected chi connectivity index (χ0v) is 37.2. The molecule has 61 heavy (non-hydrogen) atoms. The van der Waals surface area contributed by atoms with Gasteiger partial charge in [0.25, 0.3) is 8.37 Å². The highest BCUT2D eigenvalue weighted by atomic mass is 31.2. The standard InChI is InChI=1S/C54H45N3P4/c1-10-28-46(29-11-1)59(47-30-12-2-13-31-47,48-32-14-3-15-33-48)55-58(56-60(49-34-16-4-17-35-49,50-36-18-5-19-37-50)51-38-20-6-21-39-51)57-61(52-40-22-7-23-41-52,53-42-24-8-25-43-53)54-44-26-9-27-45-54/h1-45H. The molecule has 0 aromatic heterocycles. The van der Waals surface area contributed by atoms with Crippen molar-refractivity contribution < 1.29 is 0 Å². The van der Waals surface area contributed by atoms with E-state index in [0.29, 0.717) is 0 Å². The van der Waals surface area contributed by atoms with Crippen LogP contribution < -0.4 is 47.7 Å². The van der Waals surface area contributed by atoms with E-state index < -0.39 is 29.5 Å². The van der Waals surface area contributed by atoms with Gasteiger partial charge < -0.3 is 0 Å². The molecular weight excluding hydrogens is 815 g/mol. The maximum absolute atomic E-state index is 6.44. The third kappa shape index (κ3) is 8.05. The maximum Gasteiger partial charge on any atom is 0.266 e. The zero-order valence-electron chi connectivity index (χ0n) is 33.6. The lowest BCUT2D eigenvalue weighted by molar-refractivity contribution is 1.65. The summed E-state index contributed by atoms with van der Waals surface area (Å²) in [4.78, 5) is 0. The summed E-state index contributed by atoms with van der Waals surface area (Å²) < 4.78 is 19.3. The van der Waals surface area contributed by atoms with Crippen LogP contribution in [0, 0.1) is 0 Å². The monoisotopic (exact) mass is 859 g/mol. The van der Waals surface area contributed by atoms with Crippen LogP contribution >= 0.6 is 29.5 Å². The van der Waals surface area contributed by atoms with Crippen LogP contribution in [0.3, 0.4) is 0 Å². The molecule has 9 aromatic carbocycles. The van der Waals surface area contributed by atoms with Gasteiger partial charge in [0.05, 0.1) is 21.2 Å². The van der Waals surface area contributed by atoms with Crippen molar-refractivity contribution in [3.63, 3.8) is 0 Å². The Kier molecular flexibility index (Phi) is 12.5. The molecule has 0 heterocycles. The lowest BCUT2D eigenvalue weighted by Crippen LogP contribution is -2.26. The van der Waals surface area contributed by atoms with Crippen LogP contribution in [0.1, 0.15) is 0 Å². The van der Waals surface area contributed by atoms with Gasteiger partial charge in [0, 0.05) is 47.7 Å². The molecule has 0 bridgehead atoms. The van der Waals surface area contributed by atoms with Crippen LogP contribution in [0.2, 0.25) is 0 Å². The Morgan fingerprint density at radius 3 is 0.410 bits per heavy atom. The first-order chi connectivity index (χ1) is 30.2. The van der Waals surface area contributed by atoms with Crippen LogP contribution in [0.15, 0.2) is 287 Å². The van der Waals surface area contributed by atoms with E-state index >= 15 is 0 Å². The van der Waals surface area contributed by atoms with Crippen molar-refractivity contribution in [3.8, 4) is 0 Å². The Hall–Kier alpha value is -5.90. The molecule has 296 valence electrons. The summed E-state index contributed by atoms with van der Waals surface area (Å²) in [5, 5.41) is 10.5. The van der Waals surface area contributed by atoms with Crippen molar-refractivity contribution in [1.82, 2.24) is 0 Å². The number of benzene rings is 9. The summed E-state index contributed by atoms with van der Waals surface area (Å²) in [6.07, 6.45) is 0. The fourth-order valence-electron chi connectivity index (χ4n) is 8.01. The molecule has 0 spiro atoms. The molecule has 0 aliphatic heterocycles. The summed E-state index contributed by atoms with van der Waals surface area (Å²) in [6, 6.07) is 98.1. The van der Waals surface area contributed by atoms with Crippen molar-refractivity contribution in [1.29, 1.82) is 0 Å². The molecule has 0 N–H and O–H groups in total. The highest BCUT2D eigenvalue weighted by Gasteiger charge is 2.36. The molecule has 0 atom stereocenters. The van der Waals surface area contributed by atoms with Gasteiger partial charge in [-0.15, -0.1) is 0 Å². The highest BCUT2D eigenvalue weighted by molar-refractivity contribution is 7.96. The van der Waals surface area contributed by atoms with Gasteiger partial charge in [-0.25, -0.2) is 13.5 Å². The topological polar surface area (TPSA) is 37.1 Å². The Balaban J connectivity index is 1.57. The van der Waals surface area contributed by atoms with E-state index in [9.17, 15) is 0 Å². The number of hydrogen-bond donors (Lipinski definition) is 0. The maximum atomic E-state index is 6.44. The van der Waals surface area contributed by atoms with Crippen molar-refractivity contribution >= 4 is 77.3 Å². The van der Waals surface area contributed by atoms with Crippen LogP contribution in [-0.4, -0.2) is 0 Å². The summed E-state index contributed by atoms with van der Waals surface area (Å²) >= 11 is 0. The average Bonchev–Trinajstić information content (AvgIpc) is 3.36. The van der Waals surface area contributed by atoms with Gasteiger partial charge in [-0.05, 0) is 0 Å². The minimum absolute atomic E-state index is 1.16. The molecule has 0 unspecified atom stereocenters. The van der Waals surface area contributed by atoms with Crippen molar-refractivity contribution in [3.05, 3.63) is 273 Å². The molecule has 9 aromatic rings. The van der Waals surface area contributed by atoms with E-state index in [1.165, 1.54) is 0 Å². The van der Waals surface area contributed by atoms with E-state index in [4.69, 9.17) is 13.5 Å². The van der Waals surface area contributed by atoms with Crippen molar-refractivity contribution in [2.75, 3.05) is 0 Å². The highest BCUT2D eigenvalue weighted by Crippen LogP contribution is 2.67. The van der Waals surface area contributed by atoms with E-state index in [1.54, 1.807) is 0 Å². The third-order valence-corrected chi connectivity index (χ3v) is 25.4. The molecule has 0 saturated carbocycles. The first kappa shape index (κ1) is 40.5. The molecule has 9 rings (SSSR count). The Labute approximate surface area is 362 Å². The Bertz CT molecular complexity index is 2320. The fourth-order valence-corrected chi connectivity index (χ4v) is 24.1. The van der Waals surface area contributed by atoms with E-state index in [2.05, 4.69) is 273 Å². The molecule has 0 radical (unpaired) electrons. The van der Waals surface area contributed by atoms with Gasteiger partial charge >= 0.3 is 0 Å². The Morgan fingerprint density at radius 1 is 0.180 bits per heavy atom. The normalized spacial score (nSPS) is 11.8. The minimum atomic E-state index is -2.83. The molecule has 0 amide bonds. The van der Waals surface area contributed by atoms with Crippen LogP contribution in [0.25, 0.3) is 0 Å². The van der Waals surface area contributed by atoms with Crippen LogP contribution in [-0.2, 0) is 0 Å². The number of hydrogen-bond acceptors (Lipinski definition) is 3. The zero-order chi connectivity index (χ0) is 41.2. The second-order valence-electron chi connectivity index (χ2n) is 14.5. The molecule has 0 saturated heterocycles. The molecule has 0 fully saturated rings. The Morgan fingerprint density at radius 2 is 0.295 bits per heavy atom. The largest absolute Gasteiger partial charge is 0.266 e. The summed E-state index contributed by atoms with van der Waals surface area (Å²) in [5.41, 5.74) is 0. The van der Waals surface area contributed by atoms with Gasteiger partial charge in [0.2, 0.25) is 0 Å². The molecule has 0 aliphatic rings. The van der Waals surface area contributed by atoms with Gasteiger partial charge in [-0.2, -0.15) is 0 Å². The second-order valence-corrected chi connectivity index (χ2v) is 25.6. The summed E-state index contributed by atoms with van der Waals surface area (Å²) in [7, 11) is -10.4. The number of rotatable bonds is 12. The SMILES string of the molecule is c1ccc(P(=NP(N=P(c2ccccc2)(c2ccccc2)c2ccccc2)N=P(c2ccccc2)(c2ccccc2)c2ccccc2)(c2ccccc2)c2ccccc2)cc1. The smallest absolute Gasteiger partial charge is 0.222 e. The average molecular weight is 860 g/mol. The summed E-state index contributed by atoms with van der Waals surface area (Å²) in [5.74, 6) is 0. The van der Waals surface area contributed by atoms with E-state index in [0.717, 1.165) is 47.7 Å². The van der Waals surface area contributed by atoms with E-state index in [-0.39, 0.29) is 0 Å². The van der Waals surface area contributed by atoms with Gasteiger partial charge in [-0.3, -0.25) is 0 Å². The second kappa shape index (κ2) is 18.8. The van der Waals surface area contributed by atoms with E-state index in [1.807, 2.05) is 0 Å². The lowest BCUT2D eigenvalue weighted by Gasteiger charge is -2.32. The minimum Gasteiger partial charge on any atom is -0.222 e. The van der Waals surface area contributed by atoms with Gasteiger partial charge in [-0.1, -0.05) is 273 Å². The van der Waals surface area contributed by atoms with Crippen molar-refractivity contribution in [2.24, 2.45) is 13.5 Å². The van der Waals surface area contributed by atoms with Gasteiger partial charge in [0.15, 0.2) is 0 Å². The number of nitrogens with zero attached hydrogens (tertiary/aromatic N) is 3. The van der Waals surface area contributed by atoms with Crippen molar-refractivity contribution in [2.45, 2.75) is 0 Å². The predicted octanol–water partition coefficient (Wildman–Crippen LogP) is 11.7. The third-order valence-electron chi connectivity index (χ3n) is 10.8. The molecular formula is C54H45N3P4. The molecule has 3 nitrogen and oxygen atoms in total. The van der Waals surface area contributed by atoms with Crippen LogP contribution in [0.4, 0.5) is 0 Å².